The molecule has 0 saturated carbocycles. The number of amides is 2. The number of benzene rings is 1. The Labute approximate surface area is 149 Å². The van der Waals surface area contributed by atoms with E-state index in [4.69, 9.17) is 0 Å². The second-order valence-electron chi connectivity index (χ2n) is 6.04. The third kappa shape index (κ3) is 4.85. The lowest BCUT2D eigenvalue weighted by molar-refractivity contribution is -0.126. The van der Waals surface area contributed by atoms with Gasteiger partial charge in [-0.1, -0.05) is 12.1 Å². The van der Waals surface area contributed by atoms with Crippen molar-refractivity contribution >= 4 is 21.7 Å². The maximum absolute atomic E-state index is 11.9. The Kier molecular flexibility index (Phi) is 5.26. The Hall–Kier alpha value is -2.82. The number of aromatic nitrogens is 4. The molecule has 11 heteroatoms. The number of sulfone groups is 1. The Morgan fingerprint density at radius 1 is 1.19 bits per heavy atom. The molecule has 2 aromatic rings. The van der Waals surface area contributed by atoms with Crippen molar-refractivity contribution in [1.29, 1.82) is 0 Å². The van der Waals surface area contributed by atoms with Crippen molar-refractivity contribution in [2.24, 2.45) is 0 Å². The Morgan fingerprint density at radius 2 is 1.96 bits per heavy atom. The van der Waals surface area contributed by atoms with Gasteiger partial charge >= 0.3 is 0 Å². The summed E-state index contributed by atoms with van der Waals surface area (Å²) in [7, 11) is -3.05. The summed E-state index contributed by atoms with van der Waals surface area (Å²) >= 11 is 0. The fourth-order valence-corrected chi connectivity index (χ4v) is 4.33. The van der Waals surface area contributed by atoms with Crippen molar-refractivity contribution in [2.45, 2.75) is 18.9 Å². The maximum Gasteiger partial charge on any atom is 0.239 e. The summed E-state index contributed by atoms with van der Waals surface area (Å²) in [5, 5.41) is 16.0. The molecule has 0 aliphatic carbocycles. The molecule has 2 heterocycles. The highest BCUT2D eigenvalue weighted by atomic mass is 32.2. The molecule has 1 aromatic carbocycles. The van der Waals surface area contributed by atoms with Gasteiger partial charge in [0.25, 0.3) is 0 Å². The van der Waals surface area contributed by atoms with Gasteiger partial charge in [-0.2, -0.15) is 0 Å². The van der Waals surface area contributed by atoms with Crippen molar-refractivity contribution in [3.05, 3.63) is 36.2 Å². The average molecular weight is 378 g/mol. The first kappa shape index (κ1) is 18.0. The van der Waals surface area contributed by atoms with Crippen molar-refractivity contribution in [2.75, 3.05) is 18.1 Å². The summed E-state index contributed by atoms with van der Waals surface area (Å²) in [5.41, 5.74) is 1.55. The third-order valence-electron chi connectivity index (χ3n) is 3.96. The van der Waals surface area contributed by atoms with Gasteiger partial charge in [-0.15, -0.1) is 5.10 Å². The molecule has 2 N–H and O–H groups in total. The predicted octanol–water partition coefficient (Wildman–Crippen LogP) is -1.38. The number of carbonyl (C=O) groups excluding carboxylic acids is 2. The van der Waals surface area contributed by atoms with E-state index in [1.165, 1.54) is 11.0 Å². The van der Waals surface area contributed by atoms with Gasteiger partial charge in [-0.25, -0.2) is 13.1 Å². The largest absolute Gasteiger partial charge is 0.351 e. The normalized spacial score (nSPS) is 18.4. The first-order chi connectivity index (χ1) is 12.4. The Balaban J connectivity index is 1.43. The number of tetrazole rings is 1. The summed E-state index contributed by atoms with van der Waals surface area (Å²) in [5.74, 6) is -0.644. The highest BCUT2D eigenvalue weighted by Crippen LogP contribution is 2.11. The zero-order chi connectivity index (χ0) is 18.6. The van der Waals surface area contributed by atoms with Crippen LogP contribution >= 0.6 is 0 Å². The fraction of sp³-hybridized carbons (Fsp3) is 0.400. The van der Waals surface area contributed by atoms with Crippen LogP contribution in [-0.2, 0) is 25.8 Å². The number of hydrogen-bond acceptors (Lipinski definition) is 7. The van der Waals surface area contributed by atoms with E-state index < -0.39 is 15.7 Å². The number of carbonyl (C=O) groups is 2. The molecule has 138 valence electrons. The summed E-state index contributed by atoms with van der Waals surface area (Å²) in [4.78, 5) is 23.7. The van der Waals surface area contributed by atoms with Crippen molar-refractivity contribution in [3.63, 3.8) is 0 Å². The van der Waals surface area contributed by atoms with E-state index in [0.717, 1.165) is 11.3 Å². The number of hydrogen-bond donors (Lipinski definition) is 2. The zero-order valence-corrected chi connectivity index (χ0v) is 14.6. The standard InChI is InChI=1S/C15H18N6O4S/c22-14(16-8-15(23)18-12-5-6-26(24,25)9-12)7-11-1-3-13(4-2-11)21-10-17-19-20-21/h1-4,10,12H,5-9H2,(H,16,22)(H,18,23)/t12-/m0/s1. The quantitative estimate of drug-likeness (QED) is 0.632. The molecule has 26 heavy (non-hydrogen) atoms. The lowest BCUT2D eigenvalue weighted by Gasteiger charge is -2.11. The van der Waals surface area contributed by atoms with Gasteiger partial charge in [0.2, 0.25) is 11.8 Å². The lowest BCUT2D eigenvalue weighted by atomic mass is 10.1. The van der Waals surface area contributed by atoms with Crippen molar-refractivity contribution in [3.8, 4) is 5.69 Å². The van der Waals surface area contributed by atoms with Gasteiger partial charge in [0.1, 0.15) is 6.33 Å². The van der Waals surface area contributed by atoms with Crippen molar-refractivity contribution in [1.82, 2.24) is 30.8 Å². The molecule has 10 nitrogen and oxygen atoms in total. The molecule has 1 aromatic heterocycles. The van der Waals surface area contributed by atoms with Gasteiger partial charge in [-0.05, 0) is 34.5 Å². The van der Waals surface area contributed by atoms with Gasteiger partial charge in [0, 0.05) is 6.04 Å². The van der Waals surface area contributed by atoms with E-state index >= 15 is 0 Å². The molecular formula is C15H18N6O4S. The molecule has 1 atom stereocenters. The zero-order valence-electron chi connectivity index (χ0n) is 13.8. The van der Waals surface area contributed by atoms with Gasteiger partial charge in [0.05, 0.1) is 30.2 Å². The second kappa shape index (κ2) is 7.60. The SMILES string of the molecule is O=C(Cc1ccc(-n2cnnn2)cc1)NCC(=O)N[C@H]1CCS(=O)(=O)C1. The summed E-state index contributed by atoms with van der Waals surface area (Å²) in [6.07, 6.45) is 2.01. The van der Waals surface area contributed by atoms with E-state index in [9.17, 15) is 18.0 Å². The van der Waals surface area contributed by atoms with Crippen LogP contribution in [0.25, 0.3) is 5.69 Å². The molecule has 0 radical (unpaired) electrons. The van der Waals surface area contributed by atoms with E-state index in [1.807, 2.05) is 0 Å². The van der Waals surface area contributed by atoms with Crippen LogP contribution in [0.2, 0.25) is 0 Å². The molecule has 1 aliphatic heterocycles. The Bertz CT molecular complexity index is 879. The molecule has 3 rings (SSSR count). The summed E-state index contributed by atoms with van der Waals surface area (Å²) in [6, 6.07) is 6.75. The molecule has 1 fully saturated rings. The fourth-order valence-electron chi connectivity index (χ4n) is 2.66. The first-order valence-corrected chi connectivity index (χ1v) is 9.82. The Morgan fingerprint density at radius 3 is 2.58 bits per heavy atom. The highest BCUT2D eigenvalue weighted by Gasteiger charge is 2.28. The van der Waals surface area contributed by atoms with Crippen LogP contribution in [-0.4, -0.2) is 64.5 Å². The monoisotopic (exact) mass is 378 g/mol. The van der Waals surface area contributed by atoms with E-state index in [-0.39, 0.29) is 36.4 Å². The van der Waals surface area contributed by atoms with Crippen LogP contribution in [0.15, 0.2) is 30.6 Å². The van der Waals surface area contributed by atoms with E-state index in [0.29, 0.717) is 6.42 Å². The molecule has 0 unspecified atom stereocenters. The van der Waals surface area contributed by atoms with Crippen LogP contribution in [0.1, 0.15) is 12.0 Å². The molecule has 2 amide bonds. The molecular weight excluding hydrogens is 360 g/mol. The third-order valence-corrected chi connectivity index (χ3v) is 5.73. The van der Waals surface area contributed by atoms with Gasteiger partial charge < -0.3 is 10.6 Å². The van der Waals surface area contributed by atoms with E-state index in [2.05, 4.69) is 26.2 Å². The molecule has 1 saturated heterocycles. The minimum Gasteiger partial charge on any atom is -0.351 e. The number of nitrogens with one attached hydrogen (secondary N) is 2. The summed E-state index contributed by atoms with van der Waals surface area (Å²) < 4.78 is 24.2. The summed E-state index contributed by atoms with van der Waals surface area (Å²) in [6.45, 7) is -0.182. The van der Waals surface area contributed by atoms with Gasteiger partial charge in [0.15, 0.2) is 9.84 Å². The van der Waals surface area contributed by atoms with Crippen LogP contribution < -0.4 is 10.6 Å². The number of nitrogens with zero attached hydrogens (tertiary/aromatic N) is 4. The van der Waals surface area contributed by atoms with Crippen LogP contribution in [0.4, 0.5) is 0 Å². The predicted molar refractivity (Wildman–Crippen MR) is 91.1 cm³/mol. The molecule has 1 aliphatic rings. The molecule has 0 bridgehead atoms. The van der Waals surface area contributed by atoms with Gasteiger partial charge in [-0.3, -0.25) is 9.59 Å². The minimum absolute atomic E-state index is 0.0413. The topological polar surface area (TPSA) is 136 Å². The minimum atomic E-state index is -3.05. The average Bonchev–Trinajstić information content (AvgIpc) is 3.23. The number of rotatable bonds is 6. The smallest absolute Gasteiger partial charge is 0.239 e. The highest BCUT2D eigenvalue weighted by molar-refractivity contribution is 7.91. The van der Waals surface area contributed by atoms with Crippen molar-refractivity contribution < 1.29 is 18.0 Å². The van der Waals surface area contributed by atoms with Crippen LogP contribution in [0.5, 0.6) is 0 Å². The van der Waals surface area contributed by atoms with Crippen LogP contribution in [0, 0.1) is 0 Å². The maximum atomic E-state index is 11.9. The van der Waals surface area contributed by atoms with E-state index in [1.54, 1.807) is 24.3 Å². The lowest BCUT2D eigenvalue weighted by Crippen LogP contribution is -2.42. The second-order valence-corrected chi connectivity index (χ2v) is 8.27. The first-order valence-electron chi connectivity index (χ1n) is 8.00. The molecule has 0 spiro atoms. The van der Waals surface area contributed by atoms with Crippen LogP contribution in [0.3, 0.4) is 0 Å².